The molecule has 0 aliphatic carbocycles. The zero-order valence-electron chi connectivity index (χ0n) is 25.3. The molecule has 1 aromatic rings. The molecule has 0 aliphatic heterocycles. The van der Waals surface area contributed by atoms with Crippen LogP contribution in [0.15, 0.2) is 42.7 Å². The predicted octanol–water partition coefficient (Wildman–Crippen LogP) is 5.24. The molecule has 0 aromatic carbocycles. The maximum atomic E-state index is 11.9. The summed E-state index contributed by atoms with van der Waals surface area (Å²) in [6, 6.07) is 6.11. The van der Waals surface area contributed by atoms with Crippen LogP contribution in [0.2, 0.25) is 0 Å². The van der Waals surface area contributed by atoms with Gasteiger partial charge in [-0.25, -0.2) is 9.36 Å². The standard InChI is InChI=1S/C33H56N2O4.BrH/c1-3-4-5-6-7-8-9-10-11-12-13-16-20-25-34-33(37)39-30-31(2)29-38-32(36)24-19-15-14-17-21-26-35-27-22-18-23-28-35;/h18,22-23,27-28H,2-17,19-21,24-26,29-30H2,1H3;1H. The first-order valence-corrected chi connectivity index (χ1v) is 15.8. The third kappa shape index (κ3) is 25.1. The highest BCUT2D eigenvalue weighted by Crippen LogP contribution is 2.12. The number of alkyl carbamates (subject to hydrolysis) is 1. The molecule has 1 heterocycles. The van der Waals surface area contributed by atoms with Crippen molar-refractivity contribution in [1.29, 1.82) is 0 Å². The lowest BCUT2D eigenvalue weighted by atomic mass is 10.0. The molecular weight excluding hydrogens is 568 g/mol. The monoisotopic (exact) mass is 624 g/mol. The van der Waals surface area contributed by atoms with Gasteiger partial charge < -0.3 is 31.8 Å². The fourth-order valence-electron chi connectivity index (χ4n) is 4.53. The molecule has 0 spiro atoms. The van der Waals surface area contributed by atoms with Crippen LogP contribution < -0.4 is 26.9 Å². The molecule has 6 nitrogen and oxygen atoms in total. The first-order valence-electron chi connectivity index (χ1n) is 15.8. The van der Waals surface area contributed by atoms with Crippen LogP contribution in [0.1, 0.15) is 129 Å². The van der Waals surface area contributed by atoms with Crippen molar-refractivity contribution in [2.24, 2.45) is 0 Å². The number of pyridine rings is 1. The number of ether oxygens (including phenoxy) is 2. The Balaban J connectivity index is 0.0000152. The van der Waals surface area contributed by atoms with Gasteiger partial charge in [-0.1, -0.05) is 109 Å². The topological polar surface area (TPSA) is 68.5 Å². The van der Waals surface area contributed by atoms with Crippen LogP contribution in [-0.4, -0.2) is 31.8 Å². The number of carbonyl (C=O) groups excluding carboxylic acids is 2. The zero-order valence-corrected chi connectivity index (χ0v) is 26.9. The molecule has 0 radical (unpaired) electrons. The molecule has 1 rings (SSSR count). The number of halogens is 1. The largest absolute Gasteiger partial charge is 1.00 e. The van der Waals surface area contributed by atoms with Crippen LogP contribution in [0.3, 0.4) is 0 Å². The predicted molar refractivity (Wildman–Crippen MR) is 159 cm³/mol. The molecule has 0 atom stereocenters. The lowest BCUT2D eigenvalue weighted by molar-refractivity contribution is -0.697. The van der Waals surface area contributed by atoms with E-state index >= 15 is 0 Å². The molecular formula is C33H57BrN2O4. The van der Waals surface area contributed by atoms with E-state index < -0.39 is 6.09 Å². The number of hydrogen-bond donors (Lipinski definition) is 1. The summed E-state index contributed by atoms with van der Waals surface area (Å²) in [5.41, 5.74) is 0.581. The number of aryl methyl sites for hydroxylation is 1. The highest BCUT2D eigenvalue weighted by molar-refractivity contribution is 5.69. The van der Waals surface area contributed by atoms with Crippen LogP contribution >= 0.6 is 0 Å². The first kappa shape index (κ1) is 38.1. The van der Waals surface area contributed by atoms with Gasteiger partial charge in [0.05, 0.1) is 0 Å². The summed E-state index contributed by atoms with van der Waals surface area (Å²) in [6.45, 7) is 7.93. The quantitative estimate of drug-likeness (QED) is 0.0663. The molecule has 0 unspecified atom stereocenters. The Morgan fingerprint density at radius 3 is 1.77 bits per heavy atom. The van der Waals surface area contributed by atoms with Crippen LogP contribution in [0.25, 0.3) is 0 Å². The second kappa shape index (κ2) is 28.6. The van der Waals surface area contributed by atoms with E-state index in [0.717, 1.165) is 51.5 Å². The SMILES string of the molecule is C=C(COC(=O)CCCCCCC[n+]1ccccc1)COC(=O)NCCCCCCCCCCCCCCC.[Br-]. The molecule has 230 valence electrons. The summed E-state index contributed by atoms with van der Waals surface area (Å²) in [4.78, 5) is 23.8. The third-order valence-electron chi connectivity index (χ3n) is 6.97. The number of amides is 1. The third-order valence-corrected chi connectivity index (χ3v) is 6.97. The maximum absolute atomic E-state index is 11.9. The van der Waals surface area contributed by atoms with Crippen LogP contribution in [0, 0.1) is 0 Å². The zero-order chi connectivity index (χ0) is 28.2. The molecule has 40 heavy (non-hydrogen) atoms. The minimum absolute atomic E-state index is 0. The minimum Gasteiger partial charge on any atom is -1.00 e. The fourth-order valence-corrected chi connectivity index (χ4v) is 4.53. The average Bonchev–Trinajstić information content (AvgIpc) is 2.95. The van der Waals surface area contributed by atoms with Gasteiger partial charge in [-0.05, 0) is 24.8 Å². The van der Waals surface area contributed by atoms with Crippen LogP contribution in [-0.2, 0) is 20.8 Å². The highest BCUT2D eigenvalue weighted by Gasteiger charge is 2.07. The molecule has 7 heteroatoms. The summed E-state index contributed by atoms with van der Waals surface area (Å²) in [6.07, 6.45) is 26.4. The summed E-state index contributed by atoms with van der Waals surface area (Å²) in [5, 5.41) is 2.79. The number of nitrogens with one attached hydrogen (secondary N) is 1. The Kier molecular flexibility index (Phi) is 27.3. The van der Waals surface area contributed by atoms with Gasteiger partial charge in [0, 0.05) is 31.5 Å². The number of unbranched alkanes of at least 4 members (excludes halogenated alkanes) is 16. The van der Waals surface area contributed by atoms with Gasteiger partial charge in [0.2, 0.25) is 0 Å². The Morgan fingerprint density at radius 1 is 0.675 bits per heavy atom. The Morgan fingerprint density at radius 2 is 1.18 bits per heavy atom. The van der Waals surface area contributed by atoms with E-state index in [9.17, 15) is 9.59 Å². The molecule has 1 aromatic heterocycles. The number of esters is 1. The van der Waals surface area contributed by atoms with E-state index in [-0.39, 0.29) is 36.2 Å². The van der Waals surface area contributed by atoms with Crippen molar-refractivity contribution in [1.82, 2.24) is 5.32 Å². The summed E-state index contributed by atoms with van der Waals surface area (Å²) >= 11 is 0. The Hall–Kier alpha value is -1.89. The van der Waals surface area contributed by atoms with Crippen molar-refractivity contribution in [3.63, 3.8) is 0 Å². The van der Waals surface area contributed by atoms with Crippen LogP contribution in [0.4, 0.5) is 4.79 Å². The van der Waals surface area contributed by atoms with Gasteiger partial charge in [-0.2, -0.15) is 0 Å². The van der Waals surface area contributed by atoms with E-state index in [4.69, 9.17) is 9.47 Å². The number of rotatable bonds is 26. The fraction of sp³-hybridized carbons (Fsp3) is 0.727. The summed E-state index contributed by atoms with van der Waals surface area (Å²) in [7, 11) is 0. The van der Waals surface area contributed by atoms with E-state index in [1.54, 1.807) is 0 Å². The average molecular weight is 626 g/mol. The van der Waals surface area contributed by atoms with E-state index in [0.29, 0.717) is 18.5 Å². The summed E-state index contributed by atoms with van der Waals surface area (Å²) < 4.78 is 12.6. The molecule has 0 saturated carbocycles. The van der Waals surface area contributed by atoms with Crippen molar-refractivity contribution in [2.45, 2.75) is 135 Å². The second-order valence-electron chi connectivity index (χ2n) is 10.8. The van der Waals surface area contributed by atoms with Gasteiger partial charge >= 0.3 is 12.1 Å². The number of carbonyl (C=O) groups is 2. The van der Waals surface area contributed by atoms with Crippen molar-refractivity contribution < 1.29 is 40.6 Å². The molecule has 0 bridgehead atoms. The number of nitrogens with zero attached hydrogens (tertiary/aromatic N) is 1. The van der Waals surface area contributed by atoms with Gasteiger partial charge in [0.25, 0.3) is 0 Å². The molecule has 0 saturated heterocycles. The van der Waals surface area contributed by atoms with E-state index in [2.05, 4.69) is 35.8 Å². The Labute approximate surface area is 255 Å². The van der Waals surface area contributed by atoms with Crippen molar-refractivity contribution >= 4 is 12.1 Å². The lowest BCUT2D eigenvalue weighted by Crippen LogP contribution is -3.00. The van der Waals surface area contributed by atoms with E-state index in [1.165, 1.54) is 70.6 Å². The van der Waals surface area contributed by atoms with E-state index in [1.807, 2.05) is 18.2 Å². The highest BCUT2D eigenvalue weighted by atomic mass is 79.9. The number of hydrogen-bond acceptors (Lipinski definition) is 4. The van der Waals surface area contributed by atoms with Gasteiger partial charge in [0.15, 0.2) is 12.4 Å². The lowest BCUT2D eigenvalue weighted by Gasteiger charge is -2.10. The molecule has 0 aliphatic rings. The number of aromatic nitrogens is 1. The van der Waals surface area contributed by atoms with Crippen molar-refractivity contribution in [3.05, 3.63) is 42.7 Å². The smallest absolute Gasteiger partial charge is 0.407 e. The van der Waals surface area contributed by atoms with Crippen molar-refractivity contribution in [2.75, 3.05) is 19.8 Å². The molecule has 1 N–H and O–H groups in total. The maximum Gasteiger partial charge on any atom is 0.407 e. The minimum atomic E-state index is -0.438. The van der Waals surface area contributed by atoms with Gasteiger partial charge in [-0.15, -0.1) is 0 Å². The molecule has 1 amide bonds. The van der Waals surface area contributed by atoms with Crippen LogP contribution in [0.5, 0.6) is 0 Å². The van der Waals surface area contributed by atoms with Crippen molar-refractivity contribution in [3.8, 4) is 0 Å². The second-order valence-corrected chi connectivity index (χ2v) is 10.8. The summed E-state index contributed by atoms with van der Waals surface area (Å²) in [5.74, 6) is -0.220. The van der Waals surface area contributed by atoms with Gasteiger partial charge in [0.1, 0.15) is 19.8 Å². The molecule has 0 fully saturated rings. The van der Waals surface area contributed by atoms with Gasteiger partial charge in [-0.3, -0.25) is 4.79 Å². The normalized spacial score (nSPS) is 10.5. The first-order chi connectivity index (χ1) is 19.1. The Bertz CT molecular complexity index is 745.